The molecule has 15 heavy (non-hydrogen) atoms. The summed E-state index contributed by atoms with van der Waals surface area (Å²) in [6.45, 7) is 0. The van der Waals surface area contributed by atoms with Crippen LogP contribution in [0.5, 0.6) is 0 Å². The van der Waals surface area contributed by atoms with E-state index in [9.17, 15) is 0 Å². The van der Waals surface area contributed by atoms with E-state index in [1.54, 1.807) is 4.68 Å². The van der Waals surface area contributed by atoms with Crippen LogP contribution >= 0.6 is 0 Å². The van der Waals surface area contributed by atoms with Crippen LogP contribution in [0, 0.1) is 0 Å². The van der Waals surface area contributed by atoms with Crippen LogP contribution in [0.15, 0.2) is 42.7 Å². The van der Waals surface area contributed by atoms with Crippen molar-refractivity contribution in [1.82, 2.24) is 4.68 Å². The van der Waals surface area contributed by atoms with Crippen molar-refractivity contribution in [3.63, 3.8) is 0 Å². The molecule has 0 fully saturated rings. The molecular formula is C12H12N3+. The van der Waals surface area contributed by atoms with E-state index in [0.29, 0.717) is 0 Å². The van der Waals surface area contributed by atoms with Crippen LogP contribution in [-0.2, 0) is 7.05 Å². The third-order valence-electron chi connectivity index (χ3n) is 2.81. The Bertz CT molecular complexity index is 652. The molecule has 0 aliphatic carbocycles. The number of rotatable bonds is 0. The predicted octanol–water partition coefficient (Wildman–Crippen LogP) is 1.33. The second kappa shape index (κ2) is 2.73. The van der Waals surface area contributed by atoms with Crippen molar-refractivity contribution >= 4 is 21.8 Å². The Hall–Kier alpha value is -2.03. The molecule has 0 radical (unpaired) electrons. The zero-order valence-corrected chi connectivity index (χ0v) is 8.51. The van der Waals surface area contributed by atoms with Crippen LogP contribution in [0.4, 0.5) is 0 Å². The summed E-state index contributed by atoms with van der Waals surface area (Å²) in [6, 6.07) is 12.5. The standard InChI is InChI=1S/C12H12N3/c1-14-8-15(13)11-7-6-9-4-2-3-5-10(9)12(11)14/h2-8H,13H2,1H3/q+1. The molecule has 2 N–H and O–H groups in total. The highest BCUT2D eigenvalue weighted by atomic mass is 15.3. The summed E-state index contributed by atoms with van der Waals surface area (Å²) in [5.74, 6) is 5.86. The number of nitrogens with zero attached hydrogens (tertiary/aromatic N) is 2. The molecule has 0 bridgehead atoms. The van der Waals surface area contributed by atoms with E-state index >= 15 is 0 Å². The Kier molecular flexibility index (Phi) is 1.51. The fraction of sp³-hybridized carbons (Fsp3) is 0.0833. The minimum atomic E-state index is 1.05. The molecule has 0 spiro atoms. The highest BCUT2D eigenvalue weighted by Gasteiger charge is 2.13. The molecule has 3 nitrogen and oxygen atoms in total. The van der Waals surface area contributed by atoms with Gasteiger partial charge in [-0.25, -0.2) is 4.57 Å². The average Bonchev–Trinajstić information content (AvgIpc) is 2.55. The molecule has 1 aromatic heterocycles. The maximum atomic E-state index is 5.86. The van der Waals surface area contributed by atoms with Gasteiger partial charge in [0.1, 0.15) is 0 Å². The zero-order chi connectivity index (χ0) is 10.4. The Balaban J connectivity index is 2.64. The van der Waals surface area contributed by atoms with Crippen molar-refractivity contribution in [1.29, 1.82) is 0 Å². The molecule has 0 aliphatic rings. The number of nitrogen functional groups attached to an aromatic ring is 1. The second-order valence-corrected chi connectivity index (χ2v) is 3.79. The number of imidazole rings is 1. The lowest BCUT2D eigenvalue weighted by Crippen LogP contribution is -2.26. The third kappa shape index (κ3) is 1.03. The second-order valence-electron chi connectivity index (χ2n) is 3.79. The molecule has 3 rings (SSSR count). The summed E-state index contributed by atoms with van der Waals surface area (Å²) in [7, 11) is 2.01. The summed E-state index contributed by atoms with van der Waals surface area (Å²) in [6.07, 6.45) is 1.89. The number of fused-ring (bicyclic) bond motifs is 3. The van der Waals surface area contributed by atoms with Gasteiger partial charge in [-0.2, -0.15) is 0 Å². The Morgan fingerprint density at radius 3 is 2.80 bits per heavy atom. The van der Waals surface area contributed by atoms with Gasteiger partial charge in [-0.15, -0.1) is 4.68 Å². The number of aromatic nitrogens is 2. The normalized spacial score (nSPS) is 11.3. The van der Waals surface area contributed by atoms with Crippen LogP contribution < -0.4 is 10.4 Å². The quantitative estimate of drug-likeness (QED) is 0.429. The molecule has 0 amide bonds. The first-order valence-electron chi connectivity index (χ1n) is 4.91. The summed E-state index contributed by atoms with van der Waals surface area (Å²) in [5.41, 5.74) is 2.23. The molecule has 3 aromatic rings. The van der Waals surface area contributed by atoms with Crippen molar-refractivity contribution in [2.24, 2.45) is 7.05 Å². The Morgan fingerprint density at radius 1 is 1.13 bits per heavy atom. The summed E-state index contributed by atoms with van der Waals surface area (Å²) < 4.78 is 3.71. The van der Waals surface area contributed by atoms with Gasteiger partial charge < -0.3 is 0 Å². The Labute approximate surface area is 87.3 Å². The van der Waals surface area contributed by atoms with Crippen LogP contribution in [0.2, 0.25) is 0 Å². The topological polar surface area (TPSA) is 34.8 Å². The largest absolute Gasteiger partial charge is 0.269 e. The van der Waals surface area contributed by atoms with E-state index in [0.717, 1.165) is 5.52 Å². The molecule has 0 saturated heterocycles. The minimum Gasteiger partial charge on any atom is -0.269 e. The molecule has 74 valence electrons. The number of aryl methyl sites for hydroxylation is 1. The van der Waals surface area contributed by atoms with Gasteiger partial charge in [0.2, 0.25) is 0 Å². The molecular weight excluding hydrogens is 186 g/mol. The molecule has 0 atom stereocenters. The smallest absolute Gasteiger partial charge is 0.267 e. The first kappa shape index (κ1) is 8.29. The first-order chi connectivity index (χ1) is 7.27. The van der Waals surface area contributed by atoms with E-state index in [1.165, 1.54) is 16.3 Å². The van der Waals surface area contributed by atoms with Crippen molar-refractivity contribution < 1.29 is 4.57 Å². The lowest BCUT2D eigenvalue weighted by molar-refractivity contribution is -0.644. The van der Waals surface area contributed by atoms with Gasteiger partial charge >= 0.3 is 0 Å². The molecule has 0 unspecified atom stereocenters. The van der Waals surface area contributed by atoms with E-state index in [-0.39, 0.29) is 0 Å². The van der Waals surface area contributed by atoms with Crippen LogP contribution in [0.1, 0.15) is 0 Å². The van der Waals surface area contributed by atoms with Gasteiger partial charge in [0.25, 0.3) is 6.33 Å². The van der Waals surface area contributed by atoms with Crippen molar-refractivity contribution in [2.45, 2.75) is 0 Å². The lowest BCUT2D eigenvalue weighted by atomic mass is 10.1. The molecule has 3 heteroatoms. The molecule has 2 aromatic carbocycles. The number of hydrogen-bond donors (Lipinski definition) is 1. The van der Waals surface area contributed by atoms with Gasteiger partial charge in [-0.3, -0.25) is 5.84 Å². The van der Waals surface area contributed by atoms with Crippen LogP contribution in [0.3, 0.4) is 0 Å². The van der Waals surface area contributed by atoms with Gasteiger partial charge in [0.05, 0.1) is 7.05 Å². The number of hydrogen-bond acceptors (Lipinski definition) is 1. The molecule has 1 heterocycles. The molecule has 0 saturated carbocycles. The highest BCUT2D eigenvalue weighted by Crippen LogP contribution is 2.21. The van der Waals surface area contributed by atoms with Crippen LogP contribution in [-0.4, -0.2) is 4.68 Å². The lowest BCUT2D eigenvalue weighted by Gasteiger charge is -1.96. The van der Waals surface area contributed by atoms with Crippen molar-refractivity contribution in [3.05, 3.63) is 42.7 Å². The number of benzene rings is 2. The third-order valence-corrected chi connectivity index (χ3v) is 2.81. The van der Waals surface area contributed by atoms with Gasteiger partial charge in [0.15, 0.2) is 11.0 Å². The van der Waals surface area contributed by atoms with E-state index in [4.69, 9.17) is 5.84 Å². The number of nitrogens with two attached hydrogens (primary N) is 1. The zero-order valence-electron chi connectivity index (χ0n) is 8.51. The minimum absolute atomic E-state index is 1.05. The van der Waals surface area contributed by atoms with E-state index in [1.807, 2.05) is 19.4 Å². The fourth-order valence-corrected chi connectivity index (χ4v) is 2.13. The van der Waals surface area contributed by atoms with Crippen molar-refractivity contribution in [3.8, 4) is 0 Å². The first-order valence-corrected chi connectivity index (χ1v) is 4.91. The monoisotopic (exact) mass is 198 g/mol. The maximum absolute atomic E-state index is 5.86. The van der Waals surface area contributed by atoms with Gasteiger partial charge in [0, 0.05) is 5.39 Å². The molecule has 0 aliphatic heterocycles. The summed E-state index contributed by atoms with van der Waals surface area (Å²) >= 11 is 0. The highest BCUT2D eigenvalue weighted by molar-refractivity contribution is 6.02. The average molecular weight is 198 g/mol. The predicted molar refractivity (Wildman–Crippen MR) is 60.8 cm³/mol. The van der Waals surface area contributed by atoms with E-state index < -0.39 is 0 Å². The Morgan fingerprint density at radius 2 is 1.93 bits per heavy atom. The van der Waals surface area contributed by atoms with E-state index in [2.05, 4.69) is 34.9 Å². The fourth-order valence-electron chi connectivity index (χ4n) is 2.13. The maximum Gasteiger partial charge on any atom is 0.267 e. The SMILES string of the molecule is C[n+]1cn(N)c2ccc3ccccc3c21. The summed E-state index contributed by atoms with van der Waals surface area (Å²) in [5, 5.41) is 2.48. The van der Waals surface area contributed by atoms with Crippen LogP contribution in [0.25, 0.3) is 21.8 Å². The summed E-state index contributed by atoms with van der Waals surface area (Å²) in [4.78, 5) is 0. The van der Waals surface area contributed by atoms with Gasteiger partial charge in [-0.1, -0.05) is 18.2 Å². The van der Waals surface area contributed by atoms with Gasteiger partial charge in [-0.05, 0) is 23.6 Å². The van der Waals surface area contributed by atoms with Crippen molar-refractivity contribution in [2.75, 3.05) is 5.84 Å².